The van der Waals surface area contributed by atoms with E-state index < -0.39 is 0 Å². The summed E-state index contributed by atoms with van der Waals surface area (Å²) in [6, 6.07) is 0. The van der Waals surface area contributed by atoms with Gasteiger partial charge in [-0.2, -0.15) is 12.6 Å². The Morgan fingerprint density at radius 2 is 2.09 bits per heavy atom. The maximum absolute atomic E-state index is 5.63. The summed E-state index contributed by atoms with van der Waals surface area (Å²) in [6.07, 6.45) is 5.46. The molecule has 0 saturated heterocycles. The molecule has 2 heteroatoms. The van der Waals surface area contributed by atoms with E-state index in [0.29, 0.717) is 5.41 Å². The lowest BCUT2D eigenvalue weighted by Crippen LogP contribution is -2.13. The lowest BCUT2D eigenvalue weighted by molar-refractivity contribution is 0.0901. The lowest BCUT2D eigenvalue weighted by Gasteiger charge is -2.11. The summed E-state index contributed by atoms with van der Waals surface area (Å²) < 4.78 is 5.63. The molecule has 2 saturated carbocycles. The van der Waals surface area contributed by atoms with Crippen molar-refractivity contribution in [1.82, 2.24) is 0 Å². The second-order valence-electron chi connectivity index (χ2n) is 4.12. The molecule has 2 aliphatic carbocycles. The molecular weight excluding hydrogens is 156 g/mol. The Labute approximate surface area is 73.9 Å². The zero-order valence-electron chi connectivity index (χ0n) is 6.88. The third-order valence-corrected chi connectivity index (χ3v) is 3.42. The summed E-state index contributed by atoms with van der Waals surface area (Å²) in [5.41, 5.74) is 0.498. The molecule has 0 unspecified atom stereocenters. The maximum atomic E-state index is 5.63. The van der Waals surface area contributed by atoms with Crippen LogP contribution < -0.4 is 0 Å². The molecule has 0 atom stereocenters. The minimum Gasteiger partial charge on any atom is -0.381 e. The fraction of sp³-hybridized carbons (Fsp3) is 1.00. The standard InChI is InChI=1S/C9H16OS/c11-7-9(3-4-9)6-10-5-8-1-2-8/h8,11H,1-7H2. The van der Waals surface area contributed by atoms with Crippen molar-refractivity contribution in [2.45, 2.75) is 25.7 Å². The second kappa shape index (κ2) is 2.98. The predicted octanol–water partition coefficient (Wildman–Crippen LogP) is 2.12. The Morgan fingerprint density at radius 1 is 1.36 bits per heavy atom. The highest BCUT2D eigenvalue weighted by atomic mass is 32.1. The first kappa shape index (κ1) is 7.93. The molecule has 0 bridgehead atoms. The molecular formula is C9H16OS. The van der Waals surface area contributed by atoms with E-state index in [1.54, 1.807) is 0 Å². The van der Waals surface area contributed by atoms with E-state index >= 15 is 0 Å². The smallest absolute Gasteiger partial charge is 0.0530 e. The predicted molar refractivity (Wildman–Crippen MR) is 49.1 cm³/mol. The molecule has 0 aromatic heterocycles. The third-order valence-electron chi connectivity index (χ3n) is 2.75. The van der Waals surface area contributed by atoms with E-state index in [-0.39, 0.29) is 0 Å². The topological polar surface area (TPSA) is 9.23 Å². The van der Waals surface area contributed by atoms with E-state index in [1.807, 2.05) is 0 Å². The summed E-state index contributed by atoms with van der Waals surface area (Å²) >= 11 is 4.32. The first-order valence-corrected chi connectivity index (χ1v) is 5.16. The Kier molecular flexibility index (Phi) is 2.15. The van der Waals surface area contributed by atoms with Gasteiger partial charge in [-0.25, -0.2) is 0 Å². The summed E-state index contributed by atoms with van der Waals surface area (Å²) in [5, 5.41) is 0. The van der Waals surface area contributed by atoms with Gasteiger partial charge in [0.25, 0.3) is 0 Å². The van der Waals surface area contributed by atoms with Crippen molar-refractivity contribution in [1.29, 1.82) is 0 Å². The largest absolute Gasteiger partial charge is 0.381 e. The van der Waals surface area contributed by atoms with Gasteiger partial charge in [-0.15, -0.1) is 0 Å². The van der Waals surface area contributed by atoms with Gasteiger partial charge in [-0.05, 0) is 37.4 Å². The van der Waals surface area contributed by atoms with Gasteiger partial charge in [0.2, 0.25) is 0 Å². The molecule has 0 aromatic rings. The van der Waals surface area contributed by atoms with E-state index in [4.69, 9.17) is 4.74 Å². The maximum Gasteiger partial charge on any atom is 0.0530 e. The van der Waals surface area contributed by atoms with Crippen molar-refractivity contribution in [3.05, 3.63) is 0 Å². The SMILES string of the molecule is SCC1(COCC2CC2)CC1. The van der Waals surface area contributed by atoms with Crippen molar-refractivity contribution in [3.8, 4) is 0 Å². The number of rotatable bonds is 5. The molecule has 2 rings (SSSR count). The molecule has 0 aromatic carbocycles. The van der Waals surface area contributed by atoms with Gasteiger partial charge in [0.05, 0.1) is 6.61 Å². The van der Waals surface area contributed by atoms with Crippen LogP contribution in [0.3, 0.4) is 0 Å². The summed E-state index contributed by atoms with van der Waals surface area (Å²) in [6.45, 7) is 1.97. The van der Waals surface area contributed by atoms with Gasteiger partial charge in [-0.3, -0.25) is 0 Å². The molecule has 2 fully saturated rings. The number of ether oxygens (including phenoxy) is 1. The van der Waals surface area contributed by atoms with Gasteiger partial charge >= 0.3 is 0 Å². The van der Waals surface area contributed by atoms with Crippen LogP contribution in [-0.4, -0.2) is 19.0 Å². The van der Waals surface area contributed by atoms with Crippen LogP contribution in [0.1, 0.15) is 25.7 Å². The fourth-order valence-electron chi connectivity index (χ4n) is 1.25. The lowest BCUT2D eigenvalue weighted by atomic mass is 10.2. The zero-order chi connectivity index (χ0) is 7.73. The van der Waals surface area contributed by atoms with Crippen molar-refractivity contribution >= 4 is 12.6 Å². The van der Waals surface area contributed by atoms with E-state index in [9.17, 15) is 0 Å². The van der Waals surface area contributed by atoms with E-state index in [2.05, 4.69) is 12.6 Å². The van der Waals surface area contributed by atoms with Crippen LogP contribution in [0.4, 0.5) is 0 Å². The van der Waals surface area contributed by atoms with Gasteiger partial charge in [0, 0.05) is 12.0 Å². The molecule has 2 aliphatic rings. The Hall–Kier alpha value is 0.310. The van der Waals surface area contributed by atoms with Gasteiger partial charge in [0.1, 0.15) is 0 Å². The third kappa shape index (κ3) is 2.12. The molecule has 64 valence electrons. The van der Waals surface area contributed by atoms with Crippen LogP contribution in [-0.2, 0) is 4.74 Å². The quantitative estimate of drug-likeness (QED) is 0.625. The molecule has 0 amide bonds. The summed E-state index contributed by atoms with van der Waals surface area (Å²) in [5.74, 6) is 1.92. The zero-order valence-corrected chi connectivity index (χ0v) is 7.78. The van der Waals surface area contributed by atoms with Crippen LogP contribution in [0.25, 0.3) is 0 Å². The molecule has 1 nitrogen and oxygen atoms in total. The van der Waals surface area contributed by atoms with E-state index in [1.165, 1.54) is 25.7 Å². The minimum atomic E-state index is 0.498. The Balaban J connectivity index is 1.58. The van der Waals surface area contributed by atoms with Gasteiger partial charge in [-0.1, -0.05) is 0 Å². The van der Waals surface area contributed by atoms with Crippen molar-refractivity contribution < 1.29 is 4.74 Å². The number of hydrogen-bond donors (Lipinski definition) is 1. The Bertz CT molecular complexity index is 138. The highest BCUT2D eigenvalue weighted by Gasteiger charge is 2.41. The fourth-order valence-corrected chi connectivity index (χ4v) is 1.66. The monoisotopic (exact) mass is 172 g/mol. The van der Waals surface area contributed by atoms with Gasteiger partial charge < -0.3 is 4.74 Å². The first-order chi connectivity index (χ1) is 5.35. The summed E-state index contributed by atoms with van der Waals surface area (Å²) in [7, 11) is 0. The molecule has 0 N–H and O–H groups in total. The van der Waals surface area contributed by atoms with Crippen molar-refractivity contribution in [2.75, 3.05) is 19.0 Å². The van der Waals surface area contributed by atoms with Crippen LogP contribution in [0, 0.1) is 11.3 Å². The number of thiol groups is 1. The van der Waals surface area contributed by atoms with E-state index in [0.717, 1.165) is 24.9 Å². The van der Waals surface area contributed by atoms with Crippen LogP contribution in [0.15, 0.2) is 0 Å². The highest BCUT2D eigenvalue weighted by Crippen LogP contribution is 2.46. The normalized spacial score (nSPS) is 27.0. The minimum absolute atomic E-state index is 0.498. The van der Waals surface area contributed by atoms with Crippen LogP contribution in [0.5, 0.6) is 0 Å². The average Bonchev–Trinajstić information content (AvgIpc) is 2.80. The van der Waals surface area contributed by atoms with Crippen molar-refractivity contribution in [2.24, 2.45) is 11.3 Å². The van der Waals surface area contributed by atoms with Crippen molar-refractivity contribution in [3.63, 3.8) is 0 Å². The van der Waals surface area contributed by atoms with Gasteiger partial charge in [0.15, 0.2) is 0 Å². The Morgan fingerprint density at radius 3 is 2.55 bits per heavy atom. The summed E-state index contributed by atoms with van der Waals surface area (Å²) in [4.78, 5) is 0. The van der Waals surface area contributed by atoms with Crippen LogP contribution >= 0.6 is 12.6 Å². The molecule has 11 heavy (non-hydrogen) atoms. The molecule has 0 aliphatic heterocycles. The van der Waals surface area contributed by atoms with Crippen LogP contribution in [0.2, 0.25) is 0 Å². The molecule has 0 radical (unpaired) electrons. The first-order valence-electron chi connectivity index (χ1n) is 4.53. The highest BCUT2D eigenvalue weighted by molar-refractivity contribution is 7.80. The average molecular weight is 172 g/mol. The second-order valence-corrected chi connectivity index (χ2v) is 4.43. The molecule has 0 spiro atoms. The molecule has 0 heterocycles. The number of hydrogen-bond acceptors (Lipinski definition) is 2.